The van der Waals surface area contributed by atoms with Gasteiger partial charge in [0.05, 0.1) is 13.3 Å². The van der Waals surface area contributed by atoms with Gasteiger partial charge in [-0.1, -0.05) is 12.1 Å². The van der Waals surface area contributed by atoms with Crippen LogP contribution in [0.1, 0.15) is 5.56 Å². The predicted octanol–water partition coefficient (Wildman–Crippen LogP) is 3.44. The van der Waals surface area contributed by atoms with E-state index in [1.165, 1.54) is 0 Å². The van der Waals surface area contributed by atoms with Crippen LogP contribution in [0.4, 0.5) is 5.69 Å². The minimum Gasteiger partial charge on any atom is -0.494 e. The van der Waals surface area contributed by atoms with Crippen LogP contribution in [-0.4, -0.2) is 30.2 Å². The maximum absolute atomic E-state index is 5.66. The van der Waals surface area contributed by atoms with Crippen molar-refractivity contribution < 1.29 is 9.47 Å². The molecule has 0 atom stereocenters. The Morgan fingerprint density at radius 2 is 2.04 bits per heavy atom. The number of ether oxygens (including phenoxy) is 2. The molecular formula is C18H19N3O2. The second-order valence-electron chi connectivity index (χ2n) is 5.14. The summed E-state index contributed by atoms with van der Waals surface area (Å²) >= 11 is 0. The van der Waals surface area contributed by atoms with Crippen LogP contribution in [0.3, 0.4) is 0 Å². The Morgan fingerprint density at radius 3 is 2.83 bits per heavy atom. The molecular weight excluding hydrogens is 290 g/mol. The zero-order valence-electron chi connectivity index (χ0n) is 13.2. The third-order valence-corrected chi connectivity index (χ3v) is 3.58. The second-order valence-corrected chi connectivity index (χ2v) is 5.14. The standard InChI is InChI=1S/C18H19N3O2/c1-13-11-21-18-15(6-3-7-16(18)22-2)17(13)20-9-10-23-14-5-4-8-19-12-14/h3-8,11-12H,9-10H2,1-2H3,(H,20,21). The fourth-order valence-corrected chi connectivity index (χ4v) is 2.47. The number of aryl methyl sites for hydroxylation is 1. The molecule has 0 radical (unpaired) electrons. The van der Waals surface area contributed by atoms with Crippen molar-refractivity contribution in [2.45, 2.75) is 6.92 Å². The highest BCUT2D eigenvalue weighted by molar-refractivity contribution is 5.96. The van der Waals surface area contributed by atoms with Gasteiger partial charge in [-0.05, 0) is 30.7 Å². The number of anilines is 1. The molecule has 0 saturated heterocycles. The monoisotopic (exact) mass is 309 g/mol. The Bertz CT molecular complexity index is 791. The molecule has 3 rings (SSSR count). The average molecular weight is 309 g/mol. The third-order valence-electron chi connectivity index (χ3n) is 3.58. The minimum absolute atomic E-state index is 0.554. The number of methoxy groups -OCH3 is 1. The maximum Gasteiger partial charge on any atom is 0.145 e. The fraction of sp³-hybridized carbons (Fsp3) is 0.222. The zero-order valence-corrected chi connectivity index (χ0v) is 13.2. The third kappa shape index (κ3) is 3.34. The number of para-hydroxylation sites is 1. The van der Waals surface area contributed by atoms with Gasteiger partial charge in [0, 0.05) is 30.0 Å². The first kappa shape index (κ1) is 15.1. The van der Waals surface area contributed by atoms with Gasteiger partial charge in [-0.25, -0.2) is 0 Å². The smallest absolute Gasteiger partial charge is 0.145 e. The van der Waals surface area contributed by atoms with Crippen molar-refractivity contribution in [3.05, 3.63) is 54.5 Å². The predicted molar refractivity (Wildman–Crippen MR) is 91.3 cm³/mol. The summed E-state index contributed by atoms with van der Waals surface area (Å²) in [5.74, 6) is 1.55. The molecule has 0 aliphatic rings. The molecule has 5 nitrogen and oxygen atoms in total. The van der Waals surface area contributed by atoms with Gasteiger partial charge < -0.3 is 14.8 Å². The van der Waals surface area contributed by atoms with Gasteiger partial charge in [-0.3, -0.25) is 9.97 Å². The maximum atomic E-state index is 5.66. The summed E-state index contributed by atoms with van der Waals surface area (Å²) in [5, 5.41) is 4.48. The van der Waals surface area contributed by atoms with E-state index < -0.39 is 0 Å². The van der Waals surface area contributed by atoms with Gasteiger partial charge in [0.25, 0.3) is 0 Å². The van der Waals surface area contributed by atoms with Crippen LogP contribution in [0.25, 0.3) is 10.9 Å². The Labute approximate surface area is 135 Å². The lowest BCUT2D eigenvalue weighted by atomic mass is 10.1. The first-order valence-corrected chi connectivity index (χ1v) is 7.48. The van der Waals surface area contributed by atoms with Crippen LogP contribution in [0.5, 0.6) is 11.5 Å². The van der Waals surface area contributed by atoms with Crippen LogP contribution in [0.15, 0.2) is 48.9 Å². The van der Waals surface area contributed by atoms with Crippen LogP contribution >= 0.6 is 0 Å². The van der Waals surface area contributed by atoms with Gasteiger partial charge in [-0.15, -0.1) is 0 Å². The van der Waals surface area contributed by atoms with E-state index in [2.05, 4.69) is 15.3 Å². The lowest BCUT2D eigenvalue weighted by Crippen LogP contribution is -2.12. The van der Waals surface area contributed by atoms with Crippen molar-refractivity contribution >= 4 is 16.6 Å². The van der Waals surface area contributed by atoms with Gasteiger partial charge in [0.15, 0.2) is 0 Å². The van der Waals surface area contributed by atoms with Gasteiger partial charge in [0.2, 0.25) is 0 Å². The Morgan fingerprint density at radius 1 is 1.13 bits per heavy atom. The quantitative estimate of drug-likeness (QED) is 0.707. The highest BCUT2D eigenvalue weighted by Crippen LogP contribution is 2.30. The molecule has 2 heterocycles. The normalized spacial score (nSPS) is 10.5. The van der Waals surface area contributed by atoms with E-state index in [0.29, 0.717) is 13.2 Å². The molecule has 0 aliphatic heterocycles. The van der Waals surface area contributed by atoms with Crippen molar-refractivity contribution in [2.75, 3.05) is 25.6 Å². The highest BCUT2D eigenvalue weighted by atomic mass is 16.5. The number of benzene rings is 1. The molecule has 0 aliphatic carbocycles. The minimum atomic E-state index is 0.554. The van der Waals surface area contributed by atoms with E-state index >= 15 is 0 Å². The number of nitrogens with one attached hydrogen (secondary N) is 1. The van der Waals surface area contributed by atoms with E-state index in [4.69, 9.17) is 9.47 Å². The molecule has 2 aromatic heterocycles. The van der Waals surface area contributed by atoms with E-state index in [9.17, 15) is 0 Å². The highest BCUT2D eigenvalue weighted by Gasteiger charge is 2.09. The summed E-state index contributed by atoms with van der Waals surface area (Å²) in [6, 6.07) is 9.68. The largest absolute Gasteiger partial charge is 0.494 e. The van der Waals surface area contributed by atoms with Crippen molar-refractivity contribution in [3.8, 4) is 11.5 Å². The molecule has 1 N–H and O–H groups in total. The Hall–Kier alpha value is -2.82. The second kappa shape index (κ2) is 6.96. The molecule has 0 unspecified atom stereocenters. The average Bonchev–Trinajstić information content (AvgIpc) is 2.60. The molecule has 0 amide bonds. The Kier molecular flexibility index (Phi) is 4.57. The van der Waals surface area contributed by atoms with Crippen molar-refractivity contribution in [1.29, 1.82) is 0 Å². The number of fused-ring (bicyclic) bond motifs is 1. The molecule has 0 spiro atoms. The summed E-state index contributed by atoms with van der Waals surface area (Å²) in [5.41, 5.74) is 3.01. The number of rotatable bonds is 6. The summed E-state index contributed by atoms with van der Waals surface area (Å²) in [7, 11) is 1.66. The van der Waals surface area contributed by atoms with E-state index in [1.54, 1.807) is 19.5 Å². The van der Waals surface area contributed by atoms with Crippen LogP contribution < -0.4 is 14.8 Å². The molecule has 23 heavy (non-hydrogen) atoms. The molecule has 0 bridgehead atoms. The van der Waals surface area contributed by atoms with Crippen molar-refractivity contribution in [1.82, 2.24) is 9.97 Å². The van der Waals surface area contributed by atoms with Crippen LogP contribution in [-0.2, 0) is 0 Å². The number of hydrogen-bond acceptors (Lipinski definition) is 5. The van der Waals surface area contributed by atoms with Gasteiger partial charge in [-0.2, -0.15) is 0 Å². The van der Waals surface area contributed by atoms with Crippen LogP contribution in [0, 0.1) is 6.92 Å². The van der Waals surface area contributed by atoms with E-state index in [0.717, 1.165) is 33.7 Å². The molecule has 0 fully saturated rings. The molecule has 118 valence electrons. The lowest BCUT2D eigenvalue weighted by molar-refractivity contribution is 0.331. The van der Waals surface area contributed by atoms with Crippen molar-refractivity contribution in [3.63, 3.8) is 0 Å². The first-order chi connectivity index (χ1) is 11.3. The molecule has 1 aromatic carbocycles. The Balaban J connectivity index is 1.73. The summed E-state index contributed by atoms with van der Waals surface area (Å²) in [6.45, 7) is 3.28. The van der Waals surface area contributed by atoms with E-state index in [-0.39, 0.29) is 0 Å². The first-order valence-electron chi connectivity index (χ1n) is 7.48. The summed E-state index contributed by atoms with van der Waals surface area (Å²) in [4.78, 5) is 8.51. The van der Waals surface area contributed by atoms with Crippen molar-refractivity contribution in [2.24, 2.45) is 0 Å². The van der Waals surface area contributed by atoms with Gasteiger partial charge >= 0.3 is 0 Å². The van der Waals surface area contributed by atoms with Crippen LogP contribution in [0.2, 0.25) is 0 Å². The number of nitrogens with zero attached hydrogens (tertiary/aromatic N) is 2. The molecule has 0 saturated carbocycles. The topological polar surface area (TPSA) is 56.3 Å². The van der Waals surface area contributed by atoms with Gasteiger partial charge in [0.1, 0.15) is 23.6 Å². The molecule has 3 aromatic rings. The zero-order chi connectivity index (χ0) is 16.1. The van der Waals surface area contributed by atoms with E-state index in [1.807, 2.05) is 43.5 Å². The summed E-state index contributed by atoms with van der Waals surface area (Å²) < 4.78 is 11.0. The SMILES string of the molecule is COc1cccc2c(NCCOc3cccnc3)c(C)cnc12. The fourth-order valence-electron chi connectivity index (χ4n) is 2.47. The number of aromatic nitrogens is 2. The molecule has 5 heteroatoms. The number of hydrogen-bond donors (Lipinski definition) is 1. The summed E-state index contributed by atoms with van der Waals surface area (Å²) in [6.07, 6.45) is 5.29. The lowest BCUT2D eigenvalue weighted by Gasteiger charge is -2.14. The number of pyridine rings is 2.